The van der Waals surface area contributed by atoms with E-state index < -0.39 is 5.97 Å². The van der Waals surface area contributed by atoms with E-state index in [9.17, 15) is 4.79 Å². The predicted molar refractivity (Wildman–Crippen MR) is 58.9 cm³/mol. The molecule has 3 nitrogen and oxygen atoms in total. The second kappa shape index (κ2) is 7.07. The first kappa shape index (κ1) is 13.7. The van der Waals surface area contributed by atoms with E-state index in [1.54, 1.807) is 0 Å². The Bertz CT molecular complexity index is 168. The summed E-state index contributed by atoms with van der Waals surface area (Å²) in [5.74, 6) is 0.00416. The molecule has 2 N–H and O–H groups in total. The molecule has 84 valence electrons. The summed E-state index contributed by atoms with van der Waals surface area (Å²) in [7, 11) is 0. The second-order valence-corrected chi connectivity index (χ2v) is 3.88. The molecule has 0 aromatic rings. The number of nitrogens with one attached hydrogen (secondary N) is 1. The SMILES string of the molecule is CCCCC1CCC(C(=O)O)NC1.Cl. The van der Waals surface area contributed by atoms with Crippen LogP contribution in [-0.2, 0) is 4.79 Å². The van der Waals surface area contributed by atoms with Gasteiger partial charge in [-0.25, -0.2) is 0 Å². The van der Waals surface area contributed by atoms with E-state index in [4.69, 9.17) is 5.11 Å². The number of carboxylic acids is 1. The van der Waals surface area contributed by atoms with E-state index in [0.29, 0.717) is 5.92 Å². The highest BCUT2D eigenvalue weighted by molar-refractivity contribution is 5.85. The number of halogens is 1. The quantitative estimate of drug-likeness (QED) is 0.764. The number of unbranched alkanes of at least 4 members (excludes halogenated alkanes) is 1. The summed E-state index contributed by atoms with van der Waals surface area (Å²) in [6, 6.07) is -0.294. The van der Waals surface area contributed by atoms with Crippen LogP contribution in [0.15, 0.2) is 0 Å². The minimum Gasteiger partial charge on any atom is -0.480 e. The molecule has 4 heteroatoms. The molecule has 0 radical (unpaired) electrons. The fourth-order valence-electron chi connectivity index (χ4n) is 1.87. The van der Waals surface area contributed by atoms with E-state index in [-0.39, 0.29) is 18.4 Å². The molecule has 2 unspecified atom stereocenters. The number of hydrogen-bond donors (Lipinski definition) is 2. The molecule has 1 aliphatic heterocycles. The number of hydrogen-bond acceptors (Lipinski definition) is 2. The van der Waals surface area contributed by atoms with Gasteiger partial charge >= 0.3 is 5.97 Å². The number of rotatable bonds is 4. The Morgan fingerprint density at radius 1 is 1.50 bits per heavy atom. The van der Waals surface area contributed by atoms with Crippen LogP contribution in [0, 0.1) is 5.92 Å². The molecular weight excluding hydrogens is 202 g/mol. The predicted octanol–water partition coefficient (Wildman–Crippen LogP) is 2.05. The Labute approximate surface area is 91.7 Å². The minimum absolute atomic E-state index is 0. The largest absolute Gasteiger partial charge is 0.480 e. The van der Waals surface area contributed by atoms with Crippen molar-refractivity contribution in [1.29, 1.82) is 0 Å². The van der Waals surface area contributed by atoms with Gasteiger partial charge in [-0.3, -0.25) is 4.79 Å². The van der Waals surface area contributed by atoms with Gasteiger partial charge in [0.25, 0.3) is 0 Å². The normalized spacial score (nSPS) is 26.6. The maximum Gasteiger partial charge on any atom is 0.320 e. The molecule has 1 aliphatic rings. The highest BCUT2D eigenvalue weighted by Crippen LogP contribution is 2.19. The summed E-state index contributed by atoms with van der Waals surface area (Å²) in [4.78, 5) is 10.6. The van der Waals surface area contributed by atoms with Gasteiger partial charge in [-0.05, 0) is 31.7 Å². The van der Waals surface area contributed by atoms with Gasteiger partial charge in [0.15, 0.2) is 0 Å². The van der Waals surface area contributed by atoms with Crippen LogP contribution in [0.2, 0.25) is 0 Å². The molecule has 1 saturated heterocycles. The molecule has 1 rings (SSSR count). The number of aliphatic carboxylic acids is 1. The Balaban J connectivity index is 0.00000169. The summed E-state index contributed by atoms with van der Waals surface area (Å²) in [5, 5.41) is 11.8. The van der Waals surface area contributed by atoms with Crippen molar-refractivity contribution in [2.45, 2.75) is 45.1 Å². The monoisotopic (exact) mass is 221 g/mol. The summed E-state index contributed by atoms with van der Waals surface area (Å²) < 4.78 is 0. The molecule has 0 aliphatic carbocycles. The molecule has 14 heavy (non-hydrogen) atoms. The van der Waals surface area contributed by atoms with Gasteiger partial charge in [0.05, 0.1) is 0 Å². The number of carboxylic acid groups (broad SMARTS) is 1. The van der Waals surface area contributed by atoms with Crippen LogP contribution in [0.1, 0.15) is 39.0 Å². The van der Waals surface area contributed by atoms with E-state index >= 15 is 0 Å². The summed E-state index contributed by atoms with van der Waals surface area (Å²) in [6.45, 7) is 3.08. The highest BCUT2D eigenvalue weighted by Gasteiger charge is 2.24. The summed E-state index contributed by atoms with van der Waals surface area (Å²) in [6.07, 6.45) is 5.62. The Kier molecular flexibility index (Phi) is 6.93. The van der Waals surface area contributed by atoms with E-state index in [0.717, 1.165) is 19.4 Å². The Hall–Kier alpha value is -0.280. The van der Waals surface area contributed by atoms with Crippen molar-refractivity contribution in [3.63, 3.8) is 0 Å². The maximum absolute atomic E-state index is 10.6. The fourth-order valence-corrected chi connectivity index (χ4v) is 1.87. The third-order valence-corrected chi connectivity index (χ3v) is 2.78. The van der Waals surface area contributed by atoms with Crippen molar-refractivity contribution >= 4 is 18.4 Å². The number of piperidine rings is 1. The number of carbonyl (C=O) groups is 1. The van der Waals surface area contributed by atoms with Gasteiger partial charge < -0.3 is 10.4 Å². The topological polar surface area (TPSA) is 49.3 Å². The van der Waals surface area contributed by atoms with Gasteiger partial charge in [-0.15, -0.1) is 12.4 Å². The minimum atomic E-state index is -0.700. The molecule has 0 bridgehead atoms. The van der Waals surface area contributed by atoms with Crippen molar-refractivity contribution in [1.82, 2.24) is 5.32 Å². The zero-order valence-electron chi connectivity index (χ0n) is 8.66. The van der Waals surface area contributed by atoms with Crippen LogP contribution < -0.4 is 5.32 Å². The van der Waals surface area contributed by atoms with Gasteiger partial charge in [-0.2, -0.15) is 0 Å². The van der Waals surface area contributed by atoms with Crippen molar-refractivity contribution in [3.8, 4) is 0 Å². The molecule has 0 aromatic heterocycles. The first-order chi connectivity index (χ1) is 6.24. The third kappa shape index (κ3) is 4.29. The van der Waals surface area contributed by atoms with Gasteiger partial charge in [0, 0.05) is 0 Å². The van der Waals surface area contributed by atoms with Crippen molar-refractivity contribution < 1.29 is 9.90 Å². The van der Waals surface area contributed by atoms with E-state index in [1.807, 2.05) is 0 Å². The molecule has 0 spiro atoms. The molecule has 1 heterocycles. The van der Waals surface area contributed by atoms with Gasteiger partial charge in [-0.1, -0.05) is 19.8 Å². The van der Waals surface area contributed by atoms with E-state index in [2.05, 4.69) is 12.2 Å². The summed E-state index contributed by atoms with van der Waals surface area (Å²) in [5.41, 5.74) is 0. The Morgan fingerprint density at radius 2 is 2.21 bits per heavy atom. The zero-order chi connectivity index (χ0) is 9.68. The molecular formula is C10H20ClNO2. The van der Waals surface area contributed by atoms with Crippen LogP contribution in [0.4, 0.5) is 0 Å². The lowest BCUT2D eigenvalue weighted by Gasteiger charge is -2.27. The average Bonchev–Trinajstić information content (AvgIpc) is 2.15. The van der Waals surface area contributed by atoms with Crippen molar-refractivity contribution in [3.05, 3.63) is 0 Å². The molecule has 1 fully saturated rings. The molecule has 2 atom stereocenters. The van der Waals surface area contributed by atoms with Crippen LogP contribution >= 0.6 is 12.4 Å². The fraction of sp³-hybridized carbons (Fsp3) is 0.900. The van der Waals surface area contributed by atoms with Gasteiger partial charge in [0.1, 0.15) is 6.04 Å². The maximum atomic E-state index is 10.6. The standard InChI is InChI=1S/C10H19NO2.ClH/c1-2-3-4-8-5-6-9(10(12)13)11-7-8;/h8-9,11H,2-7H2,1H3,(H,12,13);1H. The smallest absolute Gasteiger partial charge is 0.320 e. The van der Waals surface area contributed by atoms with Crippen molar-refractivity contribution in [2.24, 2.45) is 5.92 Å². The average molecular weight is 222 g/mol. The van der Waals surface area contributed by atoms with Crippen molar-refractivity contribution in [2.75, 3.05) is 6.54 Å². The lowest BCUT2D eigenvalue weighted by atomic mass is 9.91. The molecule has 0 saturated carbocycles. The molecule has 0 amide bonds. The van der Waals surface area contributed by atoms with Crippen LogP contribution in [0.3, 0.4) is 0 Å². The Morgan fingerprint density at radius 3 is 2.64 bits per heavy atom. The van der Waals surface area contributed by atoms with Crippen LogP contribution in [-0.4, -0.2) is 23.7 Å². The lowest BCUT2D eigenvalue weighted by Crippen LogP contribution is -2.43. The van der Waals surface area contributed by atoms with E-state index in [1.165, 1.54) is 19.3 Å². The first-order valence-corrected chi connectivity index (χ1v) is 5.20. The first-order valence-electron chi connectivity index (χ1n) is 5.20. The highest BCUT2D eigenvalue weighted by atomic mass is 35.5. The summed E-state index contributed by atoms with van der Waals surface area (Å²) >= 11 is 0. The van der Waals surface area contributed by atoms with Crippen LogP contribution in [0.5, 0.6) is 0 Å². The third-order valence-electron chi connectivity index (χ3n) is 2.78. The van der Waals surface area contributed by atoms with Crippen LogP contribution in [0.25, 0.3) is 0 Å². The molecule has 0 aromatic carbocycles. The second-order valence-electron chi connectivity index (χ2n) is 3.88. The lowest BCUT2D eigenvalue weighted by molar-refractivity contribution is -0.140. The van der Waals surface area contributed by atoms with Gasteiger partial charge in [0.2, 0.25) is 0 Å². The zero-order valence-corrected chi connectivity index (χ0v) is 9.48.